The molecule has 2 heteroatoms. The van der Waals surface area contributed by atoms with Crippen molar-refractivity contribution in [2.45, 2.75) is 64.5 Å². The molecule has 1 aromatic rings. The number of rotatable bonds is 5. The van der Waals surface area contributed by atoms with E-state index in [1.54, 1.807) is 0 Å². The summed E-state index contributed by atoms with van der Waals surface area (Å²) in [7, 11) is 0. The van der Waals surface area contributed by atoms with E-state index in [9.17, 15) is 0 Å². The van der Waals surface area contributed by atoms with Crippen LogP contribution in [0.2, 0.25) is 0 Å². The van der Waals surface area contributed by atoms with Crippen molar-refractivity contribution in [2.75, 3.05) is 0 Å². The minimum absolute atomic E-state index is 0.0863. The third-order valence-corrected chi connectivity index (χ3v) is 4.42. The largest absolute Gasteiger partial charge is 0.490 e. The standard InChI is InChI=1S/C17H27NO/c1-3-13-9-11-14(12-10-13)19-17-8-6-5-7-15(17)16(18)4-2/h5-8,13-14,16H,3-4,9-12,18H2,1-2H3/t13?,14?,16-/m1/s1. The van der Waals surface area contributed by atoms with Crippen LogP contribution in [0.15, 0.2) is 24.3 Å². The zero-order valence-corrected chi connectivity index (χ0v) is 12.3. The lowest BCUT2D eigenvalue weighted by atomic mass is 9.86. The minimum atomic E-state index is 0.0863. The highest BCUT2D eigenvalue weighted by atomic mass is 16.5. The van der Waals surface area contributed by atoms with E-state index < -0.39 is 0 Å². The molecule has 1 aliphatic rings. The Morgan fingerprint density at radius 3 is 2.47 bits per heavy atom. The number of para-hydroxylation sites is 1. The molecule has 1 aliphatic carbocycles. The first-order valence-corrected chi connectivity index (χ1v) is 7.75. The topological polar surface area (TPSA) is 35.2 Å². The van der Waals surface area contributed by atoms with Crippen molar-refractivity contribution in [3.8, 4) is 5.75 Å². The van der Waals surface area contributed by atoms with Crippen LogP contribution in [0.5, 0.6) is 5.75 Å². The molecule has 0 aliphatic heterocycles. The summed E-state index contributed by atoms with van der Waals surface area (Å²) in [5.41, 5.74) is 7.32. The van der Waals surface area contributed by atoms with Crippen LogP contribution in [-0.2, 0) is 0 Å². The van der Waals surface area contributed by atoms with Crippen LogP contribution in [0, 0.1) is 5.92 Å². The molecule has 2 nitrogen and oxygen atoms in total. The highest BCUT2D eigenvalue weighted by Crippen LogP contribution is 2.32. The fourth-order valence-corrected chi connectivity index (χ4v) is 2.95. The second kappa shape index (κ2) is 6.95. The van der Waals surface area contributed by atoms with Gasteiger partial charge in [0.2, 0.25) is 0 Å². The van der Waals surface area contributed by atoms with E-state index in [0.29, 0.717) is 6.10 Å². The lowest BCUT2D eigenvalue weighted by Crippen LogP contribution is -2.25. The summed E-state index contributed by atoms with van der Waals surface area (Å²) in [6.45, 7) is 4.41. The van der Waals surface area contributed by atoms with Crippen LogP contribution in [0.3, 0.4) is 0 Å². The molecule has 1 atom stereocenters. The Morgan fingerprint density at radius 2 is 1.84 bits per heavy atom. The van der Waals surface area contributed by atoms with Gasteiger partial charge in [0.05, 0.1) is 6.10 Å². The monoisotopic (exact) mass is 261 g/mol. The van der Waals surface area contributed by atoms with Crippen molar-refractivity contribution in [3.63, 3.8) is 0 Å². The summed E-state index contributed by atoms with van der Waals surface area (Å²) in [6, 6.07) is 8.34. The van der Waals surface area contributed by atoms with Crippen LogP contribution in [0.4, 0.5) is 0 Å². The van der Waals surface area contributed by atoms with E-state index in [0.717, 1.165) is 23.7 Å². The van der Waals surface area contributed by atoms with Crippen LogP contribution in [0.25, 0.3) is 0 Å². The lowest BCUT2D eigenvalue weighted by molar-refractivity contribution is 0.128. The molecule has 1 fully saturated rings. The Balaban J connectivity index is 1.99. The molecular formula is C17H27NO. The van der Waals surface area contributed by atoms with Gasteiger partial charge in [-0.05, 0) is 44.1 Å². The van der Waals surface area contributed by atoms with Gasteiger partial charge in [-0.25, -0.2) is 0 Å². The van der Waals surface area contributed by atoms with Crippen molar-refractivity contribution in [1.29, 1.82) is 0 Å². The summed E-state index contributed by atoms with van der Waals surface area (Å²) >= 11 is 0. The van der Waals surface area contributed by atoms with E-state index in [4.69, 9.17) is 10.5 Å². The molecule has 0 saturated heterocycles. The fourth-order valence-electron chi connectivity index (χ4n) is 2.95. The maximum absolute atomic E-state index is 6.22. The van der Waals surface area contributed by atoms with Crippen molar-refractivity contribution >= 4 is 0 Å². The lowest BCUT2D eigenvalue weighted by Gasteiger charge is -2.29. The van der Waals surface area contributed by atoms with E-state index in [-0.39, 0.29) is 6.04 Å². The summed E-state index contributed by atoms with van der Waals surface area (Å²) in [6.07, 6.45) is 7.63. The molecule has 0 bridgehead atoms. The zero-order chi connectivity index (χ0) is 13.7. The van der Waals surface area contributed by atoms with Gasteiger partial charge in [-0.3, -0.25) is 0 Å². The van der Waals surface area contributed by atoms with E-state index in [2.05, 4.69) is 26.0 Å². The number of hydrogen-bond acceptors (Lipinski definition) is 2. The molecular weight excluding hydrogens is 234 g/mol. The number of hydrogen-bond donors (Lipinski definition) is 1. The van der Waals surface area contributed by atoms with Gasteiger partial charge < -0.3 is 10.5 Å². The molecule has 2 N–H and O–H groups in total. The highest BCUT2D eigenvalue weighted by Gasteiger charge is 2.22. The van der Waals surface area contributed by atoms with Gasteiger partial charge >= 0.3 is 0 Å². The van der Waals surface area contributed by atoms with Crippen LogP contribution < -0.4 is 10.5 Å². The van der Waals surface area contributed by atoms with Crippen molar-refractivity contribution in [2.24, 2.45) is 11.7 Å². The summed E-state index contributed by atoms with van der Waals surface area (Å²) in [5, 5.41) is 0. The van der Waals surface area contributed by atoms with E-state index in [1.165, 1.54) is 32.1 Å². The molecule has 0 heterocycles. The number of nitrogens with two attached hydrogens (primary N) is 1. The second-order valence-corrected chi connectivity index (χ2v) is 5.72. The average molecular weight is 261 g/mol. The average Bonchev–Trinajstić information content (AvgIpc) is 2.48. The molecule has 19 heavy (non-hydrogen) atoms. The third kappa shape index (κ3) is 3.73. The molecule has 1 aromatic carbocycles. The molecule has 0 unspecified atom stereocenters. The van der Waals surface area contributed by atoms with Gasteiger partial charge in [0.1, 0.15) is 5.75 Å². The molecule has 2 rings (SSSR count). The summed E-state index contributed by atoms with van der Waals surface area (Å²) < 4.78 is 6.22. The van der Waals surface area contributed by atoms with Crippen molar-refractivity contribution in [3.05, 3.63) is 29.8 Å². The summed E-state index contributed by atoms with van der Waals surface area (Å²) in [4.78, 5) is 0. The first kappa shape index (κ1) is 14.4. The Bertz CT molecular complexity index is 383. The first-order chi connectivity index (χ1) is 9.24. The van der Waals surface area contributed by atoms with Gasteiger partial charge in [0, 0.05) is 11.6 Å². The van der Waals surface area contributed by atoms with Crippen LogP contribution in [-0.4, -0.2) is 6.10 Å². The first-order valence-electron chi connectivity index (χ1n) is 7.75. The maximum Gasteiger partial charge on any atom is 0.124 e. The molecule has 0 radical (unpaired) electrons. The van der Waals surface area contributed by atoms with E-state index >= 15 is 0 Å². The Morgan fingerprint density at radius 1 is 1.16 bits per heavy atom. The zero-order valence-electron chi connectivity index (χ0n) is 12.3. The molecule has 0 aromatic heterocycles. The van der Waals surface area contributed by atoms with Crippen molar-refractivity contribution in [1.82, 2.24) is 0 Å². The molecule has 0 amide bonds. The number of ether oxygens (including phenoxy) is 1. The third-order valence-electron chi connectivity index (χ3n) is 4.42. The van der Waals surface area contributed by atoms with Crippen LogP contribution >= 0.6 is 0 Å². The quantitative estimate of drug-likeness (QED) is 0.850. The van der Waals surface area contributed by atoms with Crippen LogP contribution in [0.1, 0.15) is 64.0 Å². The Hall–Kier alpha value is -1.02. The Labute approximate surface area is 117 Å². The van der Waals surface area contributed by atoms with Gasteiger partial charge in [-0.15, -0.1) is 0 Å². The minimum Gasteiger partial charge on any atom is -0.490 e. The van der Waals surface area contributed by atoms with Gasteiger partial charge in [-0.1, -0.05) is 38.5 Å². The Kier molecular flexibility index (Phi) is 5.26. The van der Waals surface area contributed by atoms with Gasteiger partial charge in [0.25, 0.3) is 0 Å². The van der Waals surface area contributed by atoms with Crippen molar-refractivity contribution < 1.29 is 4.74 Å². The molecule has 106 valence electrons. The van der Waals surface area contributed by atoms with Gasteiger partial charge in [0.15, 0.2) is 0 Å². The SMILES string of the molecule is CCC1CCC(Oc2ccccc2[C@H](N)CC)CC1. The number of benzene rings is 1. The predicted molar refractivity (Wildman–Crippen MR) is 80.3 cm³/mol. The van der Waals surface area contributed by atoms with E-state index in [1.807, 2.05) is 12.1 Å². The van der Waals surface area contributed by atoms with Gasteiger partial charge in [-0.2, -0.15) is 0 Å². The second-order valence-electron chi connectivity index (χ2n) is 5.72. The predicted octanol–water partition coefficient (Wildman–Crippen LogP) is 4.44. The smallest absolute Gasteiger partial charge is 0.124 e. The summed E-state index contributed by atoms with van der Waals surface area (Å²) in [5.74, 6) is 1.91. The normalized spacial score (nSPS) is 25.0. The fraction of sp³-hybridized carbons (Fsp3) is 0.647. The maximum atomic E-state index is 6.22. The molecule has 0 spiro atoms. The highest BCUT2D eigenvalue weighted by molar-refractivity contribution is 5.35. The molecule has 1 saturated carbocycles.